The highest BCUT2D eigenvalue weighted by Crippen LogP contribution is 2.35. The van der Waals surface area contributed by atoms with Gasteiger partial charge in [0.25, 0.3) is 0 Å². The molecule has 8 heteroatoms. The van der Waals surface area contributed by atoms with Gasteiger partial charge in [-0.05, 0) is 63.1 Å². The lowest BCUT2D eigenvalue weighted by Gasteiger charge is -2.37. The Hall–Kier alpha value is -2.44. The van der Waals surface area contributed by atoms with Crippen LogP contribution in [0.2, 0.25) is 0 Å². The molecule has 34 heavy (non-hydrogen) atoms. The summed E-state index contributed by atoms with van der Waals surface area (Å²) < 4.78 is 35.0. The number of likely N-dealkylation sites (N-methyl/N-ethyl adjacent to an activating group) is 1. The maximum absolute atomic E-state index is 13.6. The highest BCUT2D eigenvalue weighted by Gasteiger charge is 2.38. The first-order valence-corrected chi connectivity index (χ1v) is 13.3. The van der Waals surface area contributed by atoms with Crippen molar-refractivity contribution in [2.75, 3.05) is 33.3 Å². The van der Waals surface area contributed by atoms with E-state index in [0.29, 0.717) is 17.9 Å². The largest absolute Gasteiger partial charge is 0.487 e. The van der Waals surface area contributed by atoms with Crippen molar-refractivity contribution in [2.45, 2.75) is 43.7 Å². The van der Waals surface area contributed by atoms with E-state index in [2.05, 4.69) is 28.8 Å². The molecule has 1 fully saturated rings. The zero-order valence-electron chi connectivity index (χ0n) is 20.0. The molecule has 2 heterocycles. The molecular weight excluding hydrogens is 450 g/mol. The van der Waals surface area contributed by atoms with Gasteiger partial charge in [-0.1, -0.05) is 18.8 Å². The summed E-state index contributed by atoms with van der Waals surface area (Å²) in [4.78, 5) is 6.40. The predicted molar refractivity (Wildman–Crippen MR) is 131 cm³/mol. The van der Waals surface area contributed by atoms with E-state index < -0.39 is 16.1 Å². The van der Waals surface area contributed by atoms with E-state index in [-0.39, 0.29) is 30.1 Å². The fourth-order valence-corrected chi connectivity index (χ4v) is 6.05. The van der Waals surface area contributed by atoms with Crippen LogP contribution in [0.25, 0.3) is 0 Å². The molecule has 1 aliphatic heterocycles. The van der Waals surface area contributed by atoms with Crippen LogP contribution >= 0.6 is 0 Å². The maximum atomic E-state index is 13.6. The van der Waals surface area contributed by atoms with Gasteiger partial charge in [-0.25, -0.2) is 8.42 Å². The lowest BCUT2D eigenvalue weighted by atomic mass is 10.0. The molecule has 0 saturated heterocycles. The van der Waals surface area contributed by atoms with Crippen LogP contribution in [0, 0.1) is 23.7 Å². The second kappa shape index (κ2) is 10.4. The van der Waals surface area contributed by atoms with Gasteiger partial charge < -0.3 is 14.7 Å². The van der Waals surface area contributed by atoms with Crippen molar-refractivity contribution in [2.24, 2.45) is 11.8 Å². The molecule has 7 nitrogen and oxygen atoms in total. The van der Waals surface area contributed by atoms with Gasteiger partial charge in [0.05, 0.1) is 6.61 Å². The molecule has 1 aliphatic carbocycles. The first kappa shape index (κ1) is 24.7. The topological polar surface area (TPSA) is 83.0 Å². The van der Waals surface area contributed by atoms with E-state index in [1.54, 1.807) is 37.5 Å². The molecule has 1 N–H and O–H groups in total. The summed E-state index contributed by atoms with van der Waals surface area (Å²) in [5, 5.41) is 9.79. The lowest BCUT2D eigenvalue weighted by molar-refractivity contribution is 0.0740. The smallest absolute Gasteiger partial charge is 0.247 e. The minimum Gasteiger partial charge on any atom is -0.487 e. The van der Waals surface area contributed by atoms with Crippen molar-refractivity contribution in [3.63, 3.8) is 0 Å². The highest BCUT2D eigenvalue weighted by molar-refractivity contribution is 7.89. The van der Waals surface area contributed by atoms with E-state index in [9.17, 15) is 13.5 Å². The highest BCUT2D eigenvalue weighted by atomic mass is 32.2. The summed E-state index contributed by atoms with van der Waals surface area (Å²) in [6, 6.07) is 8.10. The molecule has 0 spiro atoms. The predicted octanol–water partition coefficient (Wildman–Crippen LogP) is 2.59. The molecule has 0 radical (unpaired) electrons. The van der Waals surface area contributed by atoms with Gasteiger partial charge in [-0.3, -0.25) is 4.98 Å². The Kier molecular flexibility index (Phi) is 7.58. The third-order valence-electron chi connectivity index (χ3n) is 6.46. The van der Waals surface area contributed by atoms with Crippen LogP contribution in [-0.2, 0) is 10.0 Å². The SMILES string of the molecule is C[C@H](CO)N1C[C@H](C)[C@H](CN(C)CC2CC2)Oc2cc(C#Cc3ccncc3)ccc2S1(=O)=O. The zero-order chi connectivity index (χ0) is 24.3. The number of nitrogens with zero attached hydrogens (tertiary/aromatic N) is 3. The number of hydrogen-bond acceptors (Lipinski definition) is 6. The monoisotopic (exact) mass is 483 g/mol. The first-order chi connectivity index (χ1) is 16.3. The van der Waals surface area contributed by atoms with Crippen molar-refractivity contribution in [1.29, 1.82) is 0 Å². The van der Waals surface area contributed by atoms with Gasteiger partial charge in [-0.2, -0.15) is 4.31 Å². The molecule has 2 aromatic rings. The number of aliphatic hydroxyl groups is 1. The molecule has 182 valence electrons. The Morgan fingerprint density at radius 1 is 1.18 bits per heavy atom. The molecule has 1 aromatic carbocycles. The summed E-state index contributed by atoms with van der Waals surface area (Å²) in [5.74, 6) is 7.19. The maximum Gasteiger partial charge on any atom is 0.247 e. The molecule has 1 saturated carbocycles. The van der Waals surface area contributed by atoms with Crippen molar-refractivity contribution in [1.82, 2.24) is 14.2 Å². The Labute approximate surface area is 202 Å². The second-order valence-corrected chi connectivity index (χ2v) is 11.4. The normalized spacial score (nSPS) is 23.1. The van der Waals surface area contributed by atoms with Crippen molar-refractivity contribution < 1.29 is 18.3 Å². The third-order valence-corrected chi connectivity index (χ3v) is 8.48. The van der Waals surface area contributed by atoms with Gasteiger partial charge in [0.15, 0.2) is 0 Å². The van der Waals surface area contributed by atoms with Crippen LogP contribution in [0.1, 0.15) is 37.8 Å². The number of aromatic nitrogens is 1. The zero-order valence-corrected chi connectivity index (χ0v) is 20.8. The van der Waals surface area contributed by atoms with Gasteiger partial charge in [-0.15, -0.1) is 0 Å². The standard InChI is InChI=1S/C26H33N3O4S/c1-19-15-29(20(2)18-30)34(31,32)26-9-8-22(5-4-21-10-12-27-13-11-21)14-24(26)33-25(19)17-28(3)16-23-6-7-23/h8-14,19-20,23,25,30H,6-7,15-18H2,1-3H3/t19-,20+,25-/m0/s1. The number of ether oxygens (including phenoxy) is 1. The van der Waals surface area contributed by atoms with E-state index in [1.807, 2.05) is 19.1 Å². The van der Waals surface area contributed by atoms with Crippen molar-refractivity contribution in [3.8, 4) is 17.6 Å². The summed E-state index contributed by atoms with van der Waals surface area (Å²) in [7, 11) is -1.76. The van der Waals surface area contributed by atoms with E-state index in [4.69, 9.17) is 4.74 Å². The Morgan fingerprint density at radius 3 is 2.56 bits per heavy atom. The minimum absolute atomic E-state index is 0.0647. The Bertz CT molecular complexity index is 1160. The average Bonchev–Trinajstić information content (AvgIpc) is 3.64. The first-order valence-electron chi connectivity index (χ1n) is 11.8. The lowest BCUT2D eigenvalue weighted by Crippen LogP contribution is -2.49. The average molecular weight is 484 g/mol. The summed E-state index contributed by atoms with van der Waals surface area (Å²) >= 11 is 0. The second-order valence-electron chi connectivity index (χ2n) is 9.55. The van der Waals surface area contributed by atoms with Crippen LogP contribution in [0.3, 0.4) is 0 Å². The van der Waals surface area contributed by atoms with E-state index in [0.717, 1.165) is 18.0 Å². The molecule has 2 aliphatic rings. The number of fused-ring (bicyclic) bond motifs is 1. The summed E-state index contributed by atoms with van der Waals surface area (Å²) in [6.07, 6.45) is 5.71. The van der Waals surface area contributed by atoms with Crippen LogP contribution in [0.4, 0.5) is 0 Å². The molecule has 0 unspecified atom stereocenters. The van der Waals surface area contributed by atoms with Crippen LogP contribution in [-0.4, -0.2) is 73.1 Å². The van der Waals surface area contributed by atoms with Crippen molar-refractivity contribution in [3.05, 3.63) is 53.9 Å². The van der Waals surface area contributed by atoms with Crippen LogP contribution in [0.5, 0.6) is 5.75 Å². The fraction of sp³-hybridized carbons (Fsp3) is 0.500. The van der Waals surface area contributed by atoms with Crippen LogP contribution in [0.15, 0.2) is 47.6 Å². The number of sulfonamides is 1. The molecule has 0 bridgehead atoms. The molecule has 3 atom stereocenters. The molecule has 0 amide bonds. The van der Waals surface area contributed by atoms with E-state index in [1.165, 1.54) is 17.1 Å². The number of aliphatic hydroxyl groups excluding tert-OH is 1. The Balaban J connectivity index is 1.71. The third kappa shape index (κ3) is 5.78. The van der Waals surface area contributed by atoms with Gasteiger partial charge in [0.1, 0.15) is 16.7 Å². The molecule has 1 aromatic heterocycles. The summed E-state index contributed by atoms with van der Waals surface area (Å²) in [5.41, 5.74) is 1.50. The number of pyridine rings is 1. The Morgan fingerprint density at radius 2 is 1.88 bits per heavy atom. The van der Waals surface area contributed by atoms with Gasteiger partial charge >= 0.3 is 0 Å². The quantitative estimate of drug-likeness (QED) is 0.636. The molecular formula is C26H33N3O4S. The van der Waals surface area contributed by atoms with Crippen molar-refractivity contribution >= 4 is 10.0 Å². The fourth-order valence-electron chi connectivity index (χ4n) is 4.22. The number of rotatable bonds is 6. The number of hydrogen-bond donors (Lipinski definition) is 1. The van der Waals surface area contributed by atoms with Crippen LogP contribution < -0.4 is 4.74 Å². The van der Waals surface area contributed by atoms with Gasteiger partial charge in [0, 0.05) is 55.1 Å². The van der Waals surface area contributed by atoms with E-state index >= 15 is 0 Å². The summed E-state index contributed by atoms with van der Waals surface area (Å²) in [6.45, 7) is 5.51. The number of benzene rings is 1. The minimum atomic E-state index is -3.85. The molecule has 4 rings (SSSR count). The van der Waals surface area contributed by atoms with Gasteiger partial charge in [0.2, 0.25) is 10.0 Å².